The monoisotopic (exact) mass is 329 g/mol. The summed E-state index contributed by atoms with van der Waals surface area (Å²) in [7, 11) is 0. The first-order chi connectivity index (χ1) is 11.7. The predicted octanol–water partition coefficient (Wildman–Crippen LogP) is 1.89. The van der Waals surface area contributed by atoms with Crippen molar-refractivity contribution in [2.45, 2.75) is 44.7 Å². The van der Waals surface area contributed by atoms with E-state index in [1.165, 1.54) is 19.3 Å². The summed E-state index contributed by atoms with van der Waals surface area (Å²) in [6.45, 7) is 5.15. The molecule has 130 valence electrons. The van der Waals surface area contributed by atoms with E-state index in [0.29, 0.717) is 11.6 Å². The molecule has 0 radical (unpaired) electrons. The molecule has 2 aliphatic rings. The summed E-state index contributed by atoms with van der Waals surface area (Å²) in [6, 6.07) is 9.80. The molecule has 0 saturated carbocycles. The average molecular weight is 329 g/mol. The van der Waals surface area contributed by atoms with E-state index in [1.54, 1.807) is 12.1 Å². The lowest BCUT2D eigenvalue weighted by Crippen LogP contribution is -2.61. The summed E-state index contributed by atoms with van der Waals surface area (Å²) in [6.07, 6.45) is 4.66. The number of piperidine rings is 1. The maximum Gasteiger partial charge on any atom is 0.251 e. The Balaban J connectivity index is 1.58. The van der Waals surface area contributed by atoms with Gasteiger partial charge in [0.1, 0.15) is 0 Å². The van der Waals surface area contributed by atoms with Crippen LogP contribution in [0.4, 0.5) is 0 Å². The van der Waals surface area contributed by atoms with E-state index < -0.39 is 0 Å². The van der Waals surface area contributed by atoms with Crippen LogP contribution in [0.5, 0.6) is 0 Å². The minimum absolute atomic E-state index is 0.0383. The molecule has 5 nitrogen and oxygen atoms in total. The van der Waals surface area contributed by atoms with Crippen molar-refractivity contribution in [3.8, 4) is 0 Å². The molecule has 0 aliphatic carbocycles. The largest absolute Gasteiger partial charge is 0.343 e. The van der Waals surface area contributed by atoms with E-state index >= 15 is 0 Å². The fraction of sp³-hybridized carbons (Fsp3) is 0.579. The molecule has 2 atom stereocenters. The van der Waals surface area contributed by atoms with Gasteiger partial charge in [0.05, 0.1) is 6.54 Å². The number of nitrogens with zero attached hydrogens (tertiary/aromatic N) is 2. The van der Waals surface area contributed by atoms with E-state index in [0.717, 1.165) is 26.1 Å². The molecule has 0 spiro atoms. The van der Waals surface area contributed by atoms with Crippen LogP contribution < -0.4 is 5.32 Å². The molecule has 3 rings (SSSR count). The molecule has 1 N–H and O–H groups in total. The molecule has 1 aromatic rings. The maximum absolute atomic E-state index is 12.7. The van der Waals surface area contributed by atoms with Crippen molar-refractivity contribution in [3.63, 3.8) is 0 Å². The lowest BCUT2D eigenvalue weighted by atomic mass is 9.95. The van der Waals surface area contributed by atoms with Gasteiger partial charge in [-0.15, -0.1) is 0 Å². The molecule has 2 fully saturated rings. The molecule has 2 amide bonds. The molecular weight excluding hydrogens is 302 g/mol. The van der Waals surface area contributed by atoms with Crippen molar-refractivity contribution in [1.29, 1.82) is 0 Å². The van der Waals surface area contributed by atoms with Crippen LogP contribution in [0.25, 0.3) is 0 Å². The van der Waals surface area contributed by atoms with Gasteiger partial charge in [-0.3, -0.25) is 14.5 Å². The summed E-state index contributed by atoms with van der Waals surface area (Å²) >= 11 is 0. The number of piperazine rings is 1. The van der Waals surface area contributed by atoms with Crippen LogP contribution in [-0.4, -0.2) is 59.9 Å². The van der Waals surface area contributed by atoms with E-state index in [1.807, 2.05) is 23.1 Å². The van der Waals surface area contributed by atoms with E-state index in [2.05, 4.69) is 17.1 Å². The minimum atomic E-state index is -0.187. The standard InChI is InChI=1S/C19H27N3O2/c1-2-16-13-21-11-7-6-10-17(21)14-22(16)18(23)12-20-19(24)15-8-4-3-5-9-15/h3-5,8-9,16-17H,2,6-7,10-14H2,1H3,(H,20,24). The molecule has 5 heteroatoms. The smallest absolute Gasteiger partial charge is 0.251 e. The van der Waals surface area contributed by atoms with Gasteiger partial charge in [0.15, 0.2) is 0 Å². The van der Waals surface area contributed by atoms with E-state index in [-0.39, 0.29) is 24.4 Å². The first-order valence-electron chi connectivity index (χ1n) is 9.05. The van der Waals surface area contributed by atoms with Gasteiger partial charge in [0.2, 0.25) is 5.91 Å². The van der Waals surface area contributed by atoms with Crippen LogP contribution in [0.2, 0.25) is 0 Å². The molecule has 2 unspecified atom stereocenters. The Bertz CT molecular complexity index is 575. The highest BCUT2D eigenvalue weighted by Gasteiger charge is 2.36. The SMILES string of the molecule is CCC1CN2CCCCC2CN1C(=O)CNC(=O)c1ccccc1. The van der Waals surface area contributed by atoms with Crippen molar-refractivity contribution >= 4 is 11.8 Å². The third kappa shape index (κ3) is 3.78. The second-order valence-corrected chi connectivity index (χ2v) is 6.80. The molecule has 2 aliphatic heterocycles. The van der Waals surface area contributed by atoms with Crippen molar-refractivity contribution < 1.29 is 9.59 Å². The van der Waals surface area contributed by atoms with Crippen molar-refractivity contribution in [2.24, 2.45) is 0 Å². The van der Waals surface area contributed by atoms with Gasteiger partial charge >= 0.3 is 0 Å². The van der Waals surface area contributed by atoms with Gasteiger partial charge in [-0.2, -0.15) is 0 Å². The Hall–Kier alpha value is -1.88. The van der Waals surface area contributed by atoms with Crippen molar-refractivity contribution in [1.82, 2.24) is 15.1 Å². The highest BCUT2D eigenvalue weighted by atomic mass is 16.2. The number of rotatable bonds is 4. The number of amides is 2. The number of hydrogen-bond donors (Lipinski definition) is 1. The van der Waals surface area contributed by atoms with Crippen molar-refractivity contribution in [2.75, 3.05) is 26.2 Å². The van der Waals surface area contributed by atoms with Crippen LogP contribution in [0, 0.1) is 0 Å². The number of nitrogens with one attached hydrogen (secondary N) is 1. The summed E-state index contributed by atoms with van der Waals surface area (Å²) in [5.41, 5.74) is 0.592. The van der Waals surface area contributed by atoms with Crippen molar-refractivity contribution in [3.05, 3.63) is 35.9 Å². The van der Waals surface area contributed by atoms with Crippen LogP contribution in [-0.2, 0) is 4.79 Å². The number of carbonyl (C=O) groups excluding carboxylic acids is 2. The number of carbonyl (C=O) groups is 2. The molecule has 2 saturated heterocycles. The summed E-state index contributed by atoms with van der Waals surface area (Å²) in [5, 5.41) is 2.77. The topological polar surface area (TPSA) is 52.6 Å². The van der Waals surface area contributed by atoms with Crippen LogP contribution in [0.15, 0.2) is 30.3 Å². The average Bonchev–Trinajstić information content (AvgIpc) is 2.65. The quantitative estimate of drug-likeness (QED) is 0.918. The molecule has 0 aromatic heterocycles. The Morgan fingerprint density at radius 3 is 2.71 bits per heavy atom. The zero-order valence-corrected chi connectivity index (χ0v) is 14.4. The number of hydrogen-bond acceptors (Lipinski definition) is 3. The lowest BCUT2D eigenvalue weighted by Gasteiger charge is -2.48. The summed E-state index contributed by atoms with van der Waals surface area (Å²) < 4.78 is 0. The third-order valence-electron chi connectivity index (χ3n) is 5.27. The summed E-state index contributed by atoms with van der Waals surface area (Å²) in [4.78, 5) is 29.3. The van der Waals surface area contributed by atoms with Gasteiger partial charge in [-0.1, -0.05) is 31.5 Å². The fourth-order valence-electron chi connectivity index (χ4n) is 3.86. The Morgan fingerprint density at radius 2 is 1.96 bits per heavy atom. The van der Waals surface area contributed by atoms with Crippen LogP contribution in [0.3, 0.4) is 0 Å². The normalized spacial score (nSPS) is 24.3. The Labute approximate surface area is 144 Å². The van der Waals surface area contributed by atoms with Gasteiger partial charge in [-0.05, 0) is 37.9 Å². The Morgan fingerprint density at radius 1 is 1.17 bits per heavy atom. The Kier molecular flexibility index (Phi) is 5.51. The van der Waals surface area contributed by atoms with Crippen LogP contribution in [0.1, 0.15) is 43.0 Å². The fourth-order valence-corrected chi connectivity index (χ4v) is 3.86. The lowest BCUT2D eigenvalue weighted by molar-refractivity contribution is -0.137. The van der Waals surface area contributed by atoms with Gasteiger partial charge in [0.25, 0.3) is 5.91 Å². The number of benzene rings is 1. The molecule has 0 bridgehead atoms. The zero-order chi connectivity index (χ0) is 16.9. The zero-order valence-electron chi connectivity index (χ0n) is 14.4. The van der Waals surface area contributed by atoms with Gasteiger partial charge in [0, 0.05) is 30.7 Å². The first kappa shape index (κ1) is 17.0. The maximum atomic E-state index is 12.7. The predicted molar refractivity (Wildman–Crippen MR) is 93.8 cm³/mol. The second-order valence-electron chi connectivity index (χ2n) is 6.80. The molecule has 24 heavy (non-hydrogen) atoms. The minimum Gasteiger partial charge on any atom is -0.343 e. The molecule has 2 heterocycles. The number of fused-ring (bicyclic) bond motifs is 1. The third-order valence-corrected chi connectivity index (χ3v) is 5.27. The first-order valence-corrected chi connectivity index (χ1v) is 9.05. The summed E-state index contributed by atoms with van der Waals surface area (Å²) in [5.74, 6) is -0.148. The molecule has 1 aromatic carbocycles. The highest BCUT2D eigenvalue weighted by Crippen LogP contribution is 2.25. The van der Waals surface area contributed by atoms with Gasteiger partial charge in [-0.25, -0.2) is 0 Å². The molecular formula is C19H27N3O2. The van der Waals surface area contributed by atoms with E-state index in [4.69, 9.17) is 0 Å². The second kappa shape index (κ2) is 7.79. The van der Waals surface area contributed by atoms with E-state index in [9.17, 15) is 9.59 Å². The van der Waals surface area contributed by atoms with Crippen LogP contribution >= 0.6 is 0 Å². The highest BCUT2D eigenvalue weighted by molar-refractivity contribution is 5.96. The van der Waals surface area contributed by atoms with Gasteiger partial charge < -0.3 is 10.2 Å².